The van der Waals surface area contributed by atoms with Crippen LogP contribution in [0.1, 0.15) is 34.2 Å². The van der Waals surface area contributed by atoms with Gasteiger partial charge in [0.15, 0.2) is 5.17 Å². The summed E-state index contributed by atoms with van der Waals surface area (Å²) in [5, 5.41) is 14.8. The molecule has 35 heavy (non-hydrogen) atoms. The van der Waals surface area contributed by atoms with E-state index < -0.39 is 10.9 Å². The van der Waals surface area contributed by atoms with Gasteiger partial charge in [0.1, 0.15) is 11.5 Å². The van der Waals surface area contributed by atoms with Gasteiger partial charge in [-0.2, -0.15) is 0 Å². The molecule has 1 aliphatic heterocycles. The van der Waals surface area contributed by atoms with E-state index in [9.17, 15) is 19.7 Å². The van der Waals surface area contributed by atoms with Crippen molar-refractivity contribution in [3.63, 3.8) is 0 Å². The summed E-state index contributed by atoms with van der Waals surface area (Å²) in [6.07, 6.45) is 1.55. The van der Waals surface area contributed by atoms with E-state index in [1.54, 1.807) is 25.1 Å². The van der Waals surface area contributed by atoms with E-state index in [-0.39, 0.29) is 35.1 Å². The molecule has 1 fully saturated rings. The molecule has 0 saturated carbocycles. The first-order chi connectivity index (χ1) is 16.7. The average Bonchev–Trinajstić information content (AvgIpc) is 3.42. The van der Waals surface area contributed by atoms with Crippen LogP contribution in [0.4, 0.5) is 11.4 Å². The number of furan rings is 1. The van der Waals surface area contributed by atoms with Crippen LogP contribution >= 0.6 is 11.8 Å². The lowest BCUT2D eigenvalue weighted by Gasteiger charge is -2.04. The zero-order valence-corrected chi connectivity index (χ0v) is 20.0. The molecule has 0 bridgehead atoms. The number of esters is 1. The first kappa shape index (κ1) is 24.0. The lowest BCUT2D eigenvalue weighted by molar-refractivity contribution is -0.384. The number of nitrogens with zero attached hydrogens (tertiary/aromatic N) is 2. The molecule has 2 heterocycles. The number of nitro benzene ring substituents is 1. The van der Waals surface area contributed by atoms with Gasteiger partial charge >= 0.3 is 5.97 Å². The Morgan fingerprint density at radius 2 is 2.00 bits per heavy atom. The Hall–Kier alpha value is -4.18. The number of nitro groups is 1. The van der Waals surface area contributed by atoms with Gasteiger partial charge in [0, 0.05) is 12.1 Å². The lowest BCUT2D eigenvalue weighted by atomic mass is 10.1. The highest BCUT2D eigenvalue weighted by molar-refractivity contribution is 8.18. The molecule has 1 N–H and O–H groups in total. The number of ether oxygens (including phenoxy) is 1. The van der Waals surface area contributed by atoms with Gasteiger partial charge in [0.05, 0.1) is 33.2 Å². The third-order valence-electron chi connectivity index (χ3n) is 5.10. The minimum Gasteiger partial charge on any atom is -0.462 e. The molecule has 1 amide bonds. The van der Waals surface area contributed by atoms with Crippen LogP contribution in [0, 0.1) is 24.0 Å². The molecule has 2 aromatic carbocycles. The first-order valence-electron chi connectivity index (χ1n) is 10.7. The zero-order chi connectivity index (χ0) is 25.1. The van der Waals surface area contributed by atoms with Gasteiger partial charge in [0.25, 0.3) is 11.6 Å². The molecule has 0 atom stereocenters. The molecule has 4 rings (SSSR count). The van der Waals surface area contributed by atoms with Gasteiger partial charge in [-0.25, -0.2) is 9.79 Å². The Labute approximate surface area is 205 Å². The summed E-state index contributed by atoms with van der Waals surface area (Å²) in [5.74, 6) is -0.392. The van der Waals surface area contributed by atoms with Crippen molar-refractivity contribution < 1.29 is 23.7 Å². The number of amidine groups is 1. The van der Waals surface area contributed by atoms with Crippen molar-refractivity contribution in [3.8, 4) is 11.3 Å². The number of hydrogen-bond acceptors (Lipinski definition) is 8. The zero-order valence-electron chi connectivity index (χ0n) is 19.2. The molecule has 0 unspecified atom stereocenters. The minimum atomic E-state index is -0.644. The van der Waals surface area contributed by atoms with Gasteiger partial charge in [-0.05, 0) is 68.4 Å². The highest BCUT2D eigenvalue weighted by atomic mass is 32.2. The molecule has 0 spiro atoms. The molecule has 1 aromatic heterocycles. The van der Waals surface area contributed by atoms with Crippen molar-refractivity contribution in [3.05, 3.63) is 86.0 Å². The summed E-state index contributed by atoms with van der Waals surface area (Å²) in [4.78, 5) is 40.3. The van der Waals surface area contributed by atoms with Gasteiger partial charge in [-0.3, -0.25) is 14.9 Å². The molecule has 3 aromatic rings. The van der Waals surface area contributed by atoms with Crippen LogP contribution < -0.4 is 5.32 Å². The Kier molecular flexibility index (Phi) is 6.83. The van der Waals surface area contributed by atoms with E-state index in [0.29, 0.717) is 15.8 Å². The first-order valence-corrected chi connectivity index (χ1v) is 11.5. The third kappa shape index (κ3) is 5.33. The number of amides is 1. The fourth-order valence-electron chi connectivity index (χ4n) is 3.46. The van der Waals surface area contributed by atoms with E-state index >= 15 is 0 Å². The molecule has 178 valence electrons. The number of thioether (sulfide) groups is 1. The molecular formula is C25H21N3O6S. The Morgan fingerprint density at radius 1 is 1.20 bits per heavy atom. The van der Waals surface area contributed by atoms with Crippen LogP contribution in [0.15, 0.2) is 62.8 Å². The van der Waals surface area contributed by atoms with E-state index in [0.717, 1.165) is 22.9 Å². The van der Waals surface area contributed by atoms with E-state index in [4.69, 9.17) is 9.15 Å². The average molecular weight is 492 g/mol. The van der Waals surface area contributed by atoms with Crippen LogP contribution in [-0.4, -0.2) is 28.6 Å². The number of hydrogen-bond donors (Lipinski definition) is 1. The monoisotopic (exact) mass is 491 g/mol. The van der Waals surface area contributed by atoms with E-state index in [1.165, 1.54) is 23.9 Å². The Bertz CT molecular complexity index is 1410. The lowest BCUT2D eigenvalue weighted by Crippen LogP contribution is -2.19. The molecule has 0 radical (unpaired) electrons. The van der Waals surface area contributed by atoms with Crippen molar-refractivity contribution in [1.82, 2.24) is 5.32 Å². The number of aliphatic imine (C=N–C) groups is 1. The predicted molar refractivity (Wildman–Crippen MR) is 133 cm³/mol. The summed E-state index contributed by atoms with van der Waals surface area (Å²) in [6, 6.07) is 13.1. The van der Waals surface area contributed by atoms with Crippen LogP contribution in [0.2, 0.25) is 0 Å². The van der Waals surface area contributed by atoms with Gasteiger partial charge in [-0.15, -0.1) is 0 Å². The van der Waals surface area contributed by atoms with Crippen molar-refractivity contribution in [1.29, 1.82) is 0 Å². The van der Waals surface area contributed by atoms with Crippen LogP contribution in [0.25, 0.3) is 17.4 Å². The second kappa shape index (κ2) is 9.98. The maximum Gasteiger partial charge on any atom is 0.338 e. The van der Waals surface area contributed by atoms with Gasteiger partial charge in [0.2, 0.25) is 0 Å². The number of rotatable bonds is 6. The molecule has 10 heteroatoms. The fraction of sp³-hybridized carbons (Fsp3) is 0.160. The minimum absolute atomic E-state index is 0.0749. The van der Waals surface area contributed by atoms with Crippen LogP contribution in [0.3, 0.4) is 0 Å². The molecule has 1 aliphatic rings. The molecule has 0 aliphatic carbocycles. The van der Waals surface area contributed by atoms with E-state index in [2.05, 4.69) is 10.3 Å². The van der Waals surface area contributed by atoms with Crippen molar-refractivity contribution in [2.45, 2.75) is 20.8 Å². The maximum atomic E-state index is 12.4. The largest absolute Gasteiger partial charge is 0.462 e. The Morgan fingerprint density at radius 3 is 2.71 bits per heavy atom. The summed E-state index contributed by atoms with van der Waals surface area (Å²) in [5.41, 5.74) is 2.87. The summed E-state index contributed by atoms with van der Waals surface area (Å²) in [7, 11) is 0. The number of aryl methyl sites for hydroxylation is 2. The number of benzene rings is 2. The second-order valence-corrected chi connectivity index (χ2v) is 8.71. The third-order valence-corrected chi connectivity index (χ3v) is 6.01. The summed E-state index contributed by atoms with van der Waals surface area (Å²) < 4.78 is 10.7. The topological polar surface area (TPSA) is 124 Å². The SMILES string of the molecule is CCOC(=O)c1ccc(-c2ccc(/C=C3\SC(=Nc4ccc(C)cc4C)NC3=O)o2)c([N+](=O)[O-])c1. The van der Waals surface area contributed by atoms with Gasteiger partial charge in [-0.1, -0.05) is 17.7 Å². The molecule has 1 saturated heterocycles. The number of carbonyl (C=O) groups excluding carboxylic acids is 2. The fourth-order valence-corrected chi connectivity index (χ4v) is 4.27. The standard InChI is InChI=1S/C25H21N3O6S/c1-4-33-24(30)16-6-8-18(20(12-16)28(31)32)21-10-7-17(34-21)13-22-23(29)27-25(35-22)26-19-9-5-14(2)11-15(19)3/h5-13H,4H2,1-3H3,(H,26,27,29)/b22-13-. The van der Waals surface area contributed by atoms with Crippen LogP contribution in [-0.2, 0) is 9.53 Å². The predicted octanol–water partition coefficient (Wildman–Crippen LogP) is 5.54. The van der Waals surface area contributed by atoms with Crippen molar-refractivity contribution in [2.24, 2.45) is 4.99 Å². The van der Waals surface area contributed by atoms with Crippen molar-refractivity contribution in [2.75, 3.05) is 6.61 Å². The normalized spacial score (nSPS) is 15.5. The maximum absolute atomic E-state index is 12.4. The summed E-state index contributed by atoms with van der Waals surface area (Å²) in [6.45, 7) is 5.76. The van der Waals surface area contributed by atoms with E-state index in [1.807, 2.05) is 32.0 Å². The number of carbonyl (C=O) groups is 2. The highest BCUT2D eigenvalue weighted by Crippen LogP contribution is 2.34. The smallest absolute Gasteiger partial charge is 0.338 e. The van der Waals surface area contributed by atoms with Gasteiger partial charge < -0.3 is 14.5 Å². The molecule has 9 nitrogen and oxygen atoms in total. The van der Waals surface area contributed by atoms with Crippen LogP contribution in [0.5, 0.6) is 0 Å². The quantitative estimate of drug-likeness (QED) is 0.208. The Balaban J connectivity index is 1.59. The molecular weight excluding hydrogens is 470 g/mol. The summed E-state index contributed by atoms with van der Waals surface area (Å²) >= 11 is 1.18. The second-order valence-electron chi connectivity index (χ2n) is 7.68. The number of nitrogens with one attached hydrogen (secondary N) is 1. The highest BCUT2D eigenvalue weighted by Gasteiger charge is 2.25. The van der Waals surface area contributed by atoms with Crippen molar-refractivity contribution >= 4 is 46.3 Å².